The molecule has 1 aliphatic heterocycles. The van der Waals surface area contributed by atoms with Crippen LogP contribution in [0.25, 0.3) is 0 Å². The van der Waals surface area contributed by atoms with Crippen LogP contribution in [0.3, 0.4) is 0 Å². The molecule has 1 heterocycles. The number of nitrogens with zero attached hydrogens (tertiary/aromatic N) is 1. The number of rotatable bonds is 3. The van der Waals surface area contributed by atoms with E-state index in [9.17, 15) is 0 Å². The summed E-state index contributed by atoms with van der Waals surface area (Å²) in [6.07, 6.45) is 4.57. The van der Waals surface area contributed by atoms with E-state index in [1.165, 1.54) is 43.4 Å². The van der Waals surface area contributed by atoms with Crippen LogP contribution >= 0.6 is 0 Å². The first-order chi connectivity index (χ1) is 4.29. The Bertz CT molecular complexity index is 112. The van der Waals surface area contributed by atoms with Gasteiger partial charge in [0.2, 0.25) is 0 Å². The molecule has 9 heavy (non-hydrogen) atoms. The Morgan fingerprint density at radius 1 is 1.33 bits per heavy atom. The van der Waals surface area contributed by atoms with Gasteiger partial charge in [-0.05, 0) is 25.2 Å². The molecule has 0 spiro atoms. The van der Waals surface area contributed by atoms with E-state index in [4.69, 9.17) is 0 Å². The van der Waals surface area contributed by atoms with Crippen LogP contribution in [0.4, 0.5) is 0 Å². The summed E-state index contributed by atoms with van der Waals surface area (Å²) in [7, 11) is 2.38. The summed E-state index contributed by atoms with van der Waals surface area (Å²) >= 11 is 0. The summed E-state index contributed by atoms with van der Waals surface area (Å²) in [6.45, 7) is 4.37. The second-order valence-electron chi connectivity index (χ2n) is 4.02. The van der Waals surface area contributed by atoms with E-state index in [-0.39, 0.29) is 0 Å². The summed E-state index contributed by atoms with van der Waals surface area (Å²) in [5, 5.41) is 0. The van der Waals surface area contributed by atoms with E-state index in [1.54, 1.807) is 0 Å². The minimum absolute atomic E-state index is 1.14. The summed E-state index contributed by atoms with van der Waals surface area (Å²) in [5.41, 5.74) is 0. The summed E-state index contributed by atoms with van der Waals surface area (Å²) in [6, 6.07) is 0. The standard InChI is InChI=1S/C8H16N/c1-9(6-7-9)5-4-8-2-3-8/h8H,2-7H2,1H3/q+1. The molecular weight excluding hydrogens is 110 g/mol. The largest absolute Gasteiger partial charge is 0.317 e. The zero-order chi connectivity index (χ0) is 6.32. The molecule has 52 valence electrons. The van der Waals surface area contributed by atoms with E-state index in [2.05, 4.69) is 7.05 Å². The van der Waals surface area contributed by atoms with Crippen LogP contribution in [0.2, 0.25) is 0 Å². The molecule has 0 N–H and O–H groups in total. The summed E-state index contributed by atoms with van der Waals surface area (Å²) < 4.78 is 1.39. The van der Waals surface area contributed by atoms with E-state index < -0.39 is 0 Å². The normalized spacial score (nSPS) is 30.3. The fraction of sp³-hybridized carbons (Fsp3) is 1.00. The first-order valence-electron chi connectivity index (χ1n) is 4.12. The second kappa shape index (κ2) is 1.72. The smallest absolute Gasteiger partial charge is 0.128 e. The number of likely N-dealkylation sites (N-methyl/N-ethyl adjacent to an activating group) is 1. The van der Waals surface area contributed by atoms with Crippen LogP contribution in [0.5, 0.6) is 0 Å². The minimum Gasteiger partial charge on any atom is -0.317 e. The van der Waals surface area contributed by atoms with Gasteiger partial charge in [-0.3, -0.25) is 0 Å². The Balaban J connectivity index is 1.65. The fourth-order valence-corrected chi connectivity index (χ4v) is 1.30. The third-order valence-corrected chi connectivity index (χ3v) is 2.76. The lowest BCUT2D eigenvalue weighted by Crippen LogP contribution is -2.21. The molecule has 2 aliphatic rings. The molecule has 1 heteroatoms. The minimum atomic E-state index is 1.14. The van der Waals surface area contributed by atoms with Crippen LogP contribution in [0, 0.1) is 5.92 Å². The van der Waals surface area contributed by atoms with Crippen molar-refractivity contribution in [3.05, 3.63) is 0 Å². The molecule has 1 saturated heterocycles. The Labute approximate surface area is 57.3 Å². The van der Waals surface area contributed by atoms with Crippen LogP contribution in [0.1, 0.15) is 19.3 Å². The van der Waals surface area contributed by atoms with Gasteiger partial charge in [0.25, 0.3) is 0 Å². The molecule has 1 nitrogen and oxygen atoms in total. The highest BCUT2D eigenvalue weighted by Gasteiger charge is 2.37. The Morgan fingerprint density at radius 3 is 2.44 bits per heavy atom. The molecular formula is C8H16N+. The molecule has 0 aromatic heterocycles. The third kappa shape index (κ3) is 1.45. The molecule has 1 aliphatic carbocycles. The van der Waals surface area contributed by atoms with E-state index in [1.807, 2.05) is 0 Å². The molecule has 2 fully saturated rings. The Kier molecular flexibility index (Phi) is 1.10. The van der Waals surface area contributed by atoms with Crippen LogP contribution in [0.15, 0.2) is 0 Å². The van der Waals surface area contributed by atoms with Gasteiger partial charge in [0.15, 0.2) is 0 Å². The fourth-order valence-electron chi connectivity index (χ4n) is 1.30. The molecule has 0 aromatic rings. The van der Waals surface area contributed by atoms with Gasteiger partial charge in [0, 0.05) is 0 Å². The van der Waals surface area contributed by atoms with Crippen molar-refractivity contribution < 1.29 is 4.48 Å². The highest BCUT2D eigenvalue weighted by Crippen LogP contribution is 2.34. The third-order valence-electron chi connectivity index (χ3n) is 2.76. The topological polar surface area (TPSA) is 0 Å². The highest BCUT2D eigenvalue weighted by atomic mass is 15.4. The maximum Gasteiger partial charge on any atom is 0.128 e. The molecule has 0 atom stereocenters. The lowest BCUT2D eigenvalue weighted by atomic mass is 10.3. The predicted molar refractivity (Wildman–Crippen MR) is 38.1 cm³/mol. The Hall–Kier alpha value is -0.0400. The van der Waals surface area contributed by atoms with Crippen molar-refractivity contribution in [1.29, 1.82) is 0 Å². The number of hydrogen-bond acceptors (Lipinski definition) is 0. The van der Waals surface area contributed by atoms with Gasteiger partial charge in [0.1, 0.15) is 13.1 Å². The van der Waals surface area contributed by atoms with E-state index in [0.717, 1.165) is 5.92 Å². The van der Waals surface area contributed by atoms with Gasteiger partial charge in [-0.25, -0.2) is 0 Å². The van der Waals surface area contributed by atoms with Crippen molar-refractivity contribution in [2.24, 2.45) is 5.92 Å². The van der Waals surface area contributed by atoms with Gasteiger partial charge < -0.3 is 4.48 Å². The highest BCUT2D eigenvalue weighted by molar-refractivity contribution is 4.73. The van der Waals surface area contributed by atoms with E-state index in [0.29, 0.717) is 0 Å². The van der Waals surface area contributed by atoms with E-state index >= 15 is 0 Å². The first kappa shape index (κ1) is 5.72. The predicted octanol–water partition coefficient (Wildman–Crippen LogP) is 1.25. The molecule has 0 radical (unpaired) electrons. The van der Waals surface area contributed by atoms with Crippen molar-refractivity contribution in [2.75, 3.05) is 26.7 Å². The quantitative estimate of drug-likeness (QED) is 0.394. The van der Waals surface area contributed by atoms with Crippen LogP contribution < -0.4 is 0 Å². The molecule has 0 aromatic carbocycles. The van der Waals surface area contributed by atoms with Crippen molar-refractivity contribution >= 4 is 0 Å². The SMILES string of the molecule is C[N+]1(CCC2CC2)CC1. The van der Waals surface area contributed by atoms with Gasteiger partial charge in [-0.1, -0.05) is 0 Å². The van der Waals surface area contributed by atoms with Gasteiger partial charge >= 0.3 is 0 Å². The second-order valence-corrected chi connectivity index (χ2v) is 4.02. The lowest BCUT2D eigenvalue weighted by molar-refractivity contribution is -0.777. The maximum atomic E-state index is 2.38. The van der Waals surface area contributed by atoms with Gasteiger partial charge in [-0.2, -0.15) is 0 Å². The van der Waals surface area contributed by atoms with Gasteiger partial charge in [0.05, 0.1) is 13.6 Å². The lowest BCUT2D eigenvalue weighted by Gasteiger charge is -2.09. The van der Waals surface area contributed by atoms with Crippen molar-refractivity contribution in [3.8, 4) is 0 Å². The van der Waals surface area contributed by atoms with Crippen molar-refractivity contribution in [2.45, 2.75) is 19.3 Å². The molecule has 2 rings (SSSR count). The average Bonchev–Trinajstić information content (AvgIpc) is 2.58. The van der Waals surface area contributed by atoms with Crippen molar-refractivity contribution in [3.63, 3.8) is 0 Å². The maximum absolute atomic E-state index is 2.38. The summed E-state index contributed by atoms with van der Waals surface area (Å²) in [5.74, 6) is 1.14. The van der Waals surface area contributed by atoms with Crippen molar-refractivity contribution in [1.82, 2.24) is 0 Å². The Morgan fingerprint density at radius 2 is 2.00 bits per heavy atom. The number of quaternary nitrogens is 1. The molecule has 0 amide bonds. The average molecular weight is 126 g/mol. The molecule has 0 bridgehead atoms. The zero-order valence-corrected chi connectivity index (χ0v) is 6.27. The van der Waals surface area contributed by atoms with Crippen LogP contribution in [-0.2, 0) is 0 Å². The monoisotopic (exact) mass is 126 g/mol. The number of hydrogen-bond donors (Lipinski definition) is 0. The van der Waals surface area contributed by atoms with Gasteiger partial charge in [-0.15, -0.1) is 0 Å². The zero-order valence-electron chi connectivity index (χ0n) is 6.27. The van der Waals surface area contributed by atoms with Crippen LogP contribution in [-0.4, -0.2) is 31.2 Å². The molecule has 1 saturated carbocycles. The summed E-state index contributed by atoms with van der Waals surface area (Å²) in [4.78, 5) is 0. The first-order valence-corrected chi connectivity index (χ1v) is 4.12. The molecule has 0 unspecified atom stereocenters.